The molecule has 2 aliphatic heterocycles. The number of hydrogen-bond donors (Lipinski definition) is 1. The first kappa shape index (κ1) is 28.9. The van der Waals surface area contributed by atoms with Crippen molar-refractivity contribution in [2.24, 2.45) is 11.8 Å². The van der Waals surface area contributed by atoms with Crippen LogP contribution in [0.25, 0.3) is 0 Å². The number of nitrogens with one attached hydrogen (secondary N) is 1. The molecule has 0 saturated heterocycles. The first-order chi connectivity index (χ1) is 19.2. The molecule has 0 spiro atoms. The third-order valence-electron chi connectivity index (χ3n) is 8.85. The van der Waals surface area contributed by atoms with E-state index in [-0.39, 0.29) is 17.4 Å². The van der Waals surface area contributed by atoms with Crippen molar-refractivity contribution in [1.29, 1.82) is 0 Å². The van der Waals surface area contributed by atoms with E-state index in [4.69, 9.17) is 16.3 Å². The SMILES string of the molecule is CC[C@@H]1CCCCC(=O)[C@@H]2CC[C@H]2CN2CCCCc3cc(Cl)ccc3COc3ccc(cc32)C(=O)NS1(=O)=O. The van der Waals surface area contributed by atoms with E-state index in [1.807, 2.05) is 25.1 Å². The third-order valence-corrected chi connectivity index (χ3v) is 11.0. The van der Waals surface area contributed by atoms with Gasteiger partial charge in [-0.3, -0.25) is 9.59 Å². The Balaban J connectivity index is 1.52. The molecule has 1 fully saturated rings. The van der Waals surface area contributed by atoms with Crippen molar-refractivity contribution < 1.29 is 22.7 Å². The zero-order valence-corrected chi connectivity index (χ0v) is 24.7. The van der Waals surface area contributed by atoms with Gasteiger partial charge in [0.05, 0.1) is 10.9 Å². The molecule has 7 nitrogen and oxygen atoms in total. The standard InChI is InChI=1S/C31H39ClN2O5S/c1-2-26-8-3-4-9-29(35)27-14-11-23(27)19-34-16-6-5-7-21-17-25(32)13-10-24(21)20-39-30-15-12-22(18-28(30)34)31(36)33-40(26,37)38/h10,12-13,15,17-18,23,26-27H,2-9,11,14,16,19-20H2,1H3,(H,33,36)/t23-,26+,27+/m0/s1. The zero-order chi connectivity index (χ0) is 28.3. The summed E-state index contributed by atoms with van der Waals surface area (Å²) in [6, 6.07) is 11.0. The molecule has 3 aliphatic rings. The highest BCUT2D eigenvalue weighted by Gasteiger charge is 2.37. The Bertz CT molecular complexity index is 1360. The molecule has 1 aliphatic carbocycles. The fourth-order valence-electron chi connectivity index (χ4n) is 6.28. The van der Waals surface area contributed by atoms with Crippen molar-refractivity contribution in [1.82, 2.24) is 4.72 Å². The number of halogens is 1. The van der Waals surface area contributed by atoms with Crippen molar-refractivity contribution in [3.63, 3.8) is 0 Å². The number of ether oxygens (including phenoxy) is 1. The Hall–Kier alpha value is -2.58. The van der Waals surface area contributed by atoms with Crippen LogP contribution in [0.2, 0.25) is 5.02 Å². The highest BCUT2D eigenvalue weighted by molar-refractivity contribution is 7.90. The van der Waals surface area contributed by atoms with Crippen LogP contribution >= 0.6 is 11.6 Å². The molecule has 1 amide bonds. The number of fused-ring (bicyclic) bond motifs is 3. The van der Waals surface area contributed by atoms with Gasteiger partial charge in [0.2, 0.25) is 10.0 Å². The number of nitrogens with zero attached hydrogens (tertiary/aromatic N) is 1. The summed E-state index contributed by atoms with van der Waals surface area (Å²) in [7, 11) is -3.86. The average molecular weight is 587 g/mol. The van der Waals surface area contributed by atoms with Crippen LogP contribution in [-0.4, -0.2) is 38.4 Å². The van der Waals surface area contributed by atoms with Crippen LogP contribution in [0, 0.1) is 11.8 Å². The largest absolute Gasteiger partial charge is 0.487 e. The number of anilines is 1. The Labute approximate surface area is 242 Å². The van der Waals surface area contributed by atoms with Gasteiger partial charge in [-0.2, -0.15) is 0 Å². The van der Waals surface area contributed by atoms with Crippen LogP contribution in [0.5, 0.6) is 5.75 Å². The Morgan fingerprint density at radius 2 is 1.80 bits per heavy atom. The first-order valence-corrected chi connectivity index (χ1v) is 16.6. The summed E-state index contributed by atoms with van der Waals surface area (Å²) in [5.74, 6) is 0.605. The maximum atomic E-state index is 13.3. The first-order valence-electron chi connectivity index (χ1n) is 14.6. The van der Waals surface area contributed by atoms with Crippen molar-refractivity contribution in [2.45, 2.75) is 83.0 Å². The summed E-state index contributed by atoms with van der Waals surface area (Å²) in [6.07, 6.45) is 7.31. The minimum Gasteiger partial charge on any atom is -0.487 e. The van der Waals surface area contributed by atoms with Gasteiger partial charge in [0.1, 0.15) is 18.1 Å². The van der Waals surface area contributed by atoms with E-state index in [1.165, 1.54) is 5.56 Å². The Morgan fingerprint density at radius 1 is 0.975 bits per heavy atom. The van der Waals surface area contributed by atoms with Crippen LogP contribution in [0.15, 0.2) is 36.4 Å². The van der Waals surface area contributed by atoms with Gasteiger partial charge in [-0.25, -0.2) is 13.1 Å². The number of rotatable bonds is 1. The second-order valence-electron chi connectivity index (χ2n) is 11.4. The molecule has 9 heteroatoms. The number of sulfonamides is 1. The van der Waals surface area contributed by atoms with Crippen LogP contribution in [0.3, 0.4) is 0 Å². The summed E-state index contributed by atoms with van der Waals surface area (Å²) in [6.45, 7) is 3.62. The van der Waals surface area contributed by atoms with E-state index in [1.54, 1.807) is 18.2 Å². The third kappa shape index (κ3) is 6.49. The van der Waals surface area contributed by atoms with Crippen molar-refractivity contribution >= 4 is 39.0 Å². The predicted molar refractivity (Wildman–Crippen MR) is 158 cm³/mol. The second-order valence-corrected chi connectivity index (χ2v) is 13.8. The lowest BCUT2D eigenvalue weighted by Crippen LogP contribution is -2.42. The number of aryl methyl sites for hydroxylation is 1. The highest BCUT2D eigenvalue weighted by atomic mass is 35.5. The maximum absolute atomic E-state index is 13.3. The van der Waals surface area contributed by atoms with E-state index in [2.05, 4.69) is 9.62 Å². The molecule has 0 aromatic heterocycles. The lowest BCUT2D eigenvalue weighted by atomic mass is 9.70. The van der Waals surface area contributed by atoms with Gasteiger partial charge in [-0.05, 0) is 98.7 Å². The normalized spacial score (nSPS) is 25.8. The highest BCUT2D eigenvalue weighted by Crippen LogP contribution is 2.40. The van der Waals surface area contributed by atoms with Crippen molar-refractivity contribution in [3.8, 4) is 5.75 Å². The van der Waals surface area contributed by atoms with E-state index in [0.29, 0.717) is 61.8 Å². The topological polar surface area (TPSA) is 92.8 Å². The number of ketones is 1. The van der Waals surface area contributed by atoms with E-state index < -0.39 is 21.2 Å². The van der Waals surface area contributed by atoms with Crippen LogP contribution < -0.4 is 14.4 Å². The predicted octanol–water partition coefficient (Wildman–Crippen LogP) is 6.07. The fraction of sp³-hybridized carbons (Fsp3) is 0.548. The summed E-state index contributed by atoms with van der Waals surface area (Å²) in [4.78, 5) is 28.6. The molecule has 216 valence electrons. The molecule has 0 radical (unpaired) electrons. The summed E-state index contributed by atoms with van der Waals surface area (Å²) >= 11 is 6.29. The minimum absolute atomic E-state index is 0.0408. The van der Waals surface area contributed by atoms with Gasteiger partial charge in [-0.15, -0.1) is 0 Å². The van der Waals surface area contributed by atoms with Gasteiger partial charge in [0.25, 0.3) is 5.91 Å². The number of Topliss-reactive ketones (excluding diaryl/α,β-unsaturated/α-hetero) is 1. The van der Waals surface area contributed by atoms with Gasteiger partial charge >= 0.3 is 0 Å². The van der Waals surface area contributed by atoms with Crippen LogP contribution in [0.4, 0.5) is 5.69 Å². The number of amides is 1. The molecule has 0 unspecified atom stereocenters. The summed E-state index contributed by atoms with van der Waals surface area (Å²) < 4.78 is 34.9. The smallest absolute Gasteiger partial charge is 0.264 e. The Kier molecular flexibility index (Phi) is 9.05. The molecule has 2 aromatic rings. The van der Waals surface area contributed by atoms with E-state index >= 15 is 0 Å². The van der Waals surface area contributed by atoms with Gasteiger partial charge in [0.15, 0.2) is 0 Å². The van der Waals surface area contributed by atoms with Gasteiger partial charge in [-0.1, -0.05) is 31.0 Å². The van der Waals surface area contributed by atoms with E-state index in [9.17, 15) is 18.0 Å². The molecule has 2 bridgehead atoms. The number of carbonyl (C=O) groups excluding carboxylic acids is 2. The molecule has 2 heterocycles. The monoisotopic (exact) mass is 586 g/mol. The molecular formula is C31H39ClN2O5S. The molecule has 2 aromatic carbocycles. The molecule has 3 atom stereocenters. The quantitative estimate of drug-likeness (QED) is 0.436. The molecule has 5 rings (SSSR count). The molecular weight excluding hydrogens is 548 g/mol. The zero-order valence-electron chi connectivity index (χ0n) is 23.2. The van der Waals surface area contributed by atoms with E-state index in [0.717, 1.165) is 49.9 Å². The molecule has 40 heavy (non-hydrogen) atoms. The van der Waals surface area contributed by atoms with Crippen molar-refractivity contribution in [2.75, 3.05) is 18.0 Å². The minimum atomic E-state index is -3.86. The lowest BCUT2D eigenvalue weighted by Gasteiger charge is -2.40. The molecule has 1 N–H and O–H groups in total. The van der Waals surface area contributed by atoms with Crippen molar-refractivity contribution in [3.05, 3.63) is 58.1 Å². The van der Waals surface area contributed by atoms with Crippen LogP contribution in [0.1, 0.15) is 86.2 Å². The number of carbonyl (C=O) groups is 2. The maximum Gasteiger partial charge on any atom is 0.264 e. The van der Waals surface area contributed by atoms with Gasteiger partial charge < -0.3 is 9.64 Å². The number of hydrogen-bond acceptors (Lipinski definition) is 6. The lowest BCUT2D eigenvalue weighted by molar-refractivity contribution is -0.127. The average Bonchev–Trinajstić information content (AvgIpc) is 2.93. The second kappa shape index (κ2) is 12.5. The van der Waals surface area contributed by atoms with Crippen LogP contribution in [-0.2, 0) is 27.8 Å². The summed E-state index contributed by atoms with van der Waals surface area (Å²) in [5, 5.41) is 0.0286. The number of benzene rings is 2. The Morgan fingerprint density at radius 3 is 2.58 bits per heavy atom. The fourth-order valence-corrected chi connectivity index (χ4v) is 7.93. The molecule has 1 saturated carbocycles. The van der Waals surface area contributed by atoms with Gasteiger partial charge in [0, 0.05) is 36.0 Å². The summed E-state index contributed by atoms with van der Waals surface area (Å²) in [5.41, 5.74) is 3.28.